The number of hydrogen-bond acceptors (Lipinski definition) is 3. The van der Waals surface area contributed by atoms with Crippen LogP contribution in [0, 0.1) is 0 Å². The summed E-state index contributed by atoms with van der Waals surface area (Å²) >= 11 is 0. The topological polar surface area (TPSA) is 42.7 Å². The number of nitrogens with zero attached hydrogens (tertiary/aromatic N) is 3. The molecule has 2 saturated carbocycles. The predicted octanol–water partition coefficient (Wildman–Crippen LogP) is 4.08. The smallest absolute Gasteiger partial charge is 0.357 e. The van der Waals surface area contributed by atoms with Crippen LogP contribution in [0.3, 0.4) is 0 Å². The van der Waals surface area contributed by atoms with Crippen LogP contribution in [-0.4, -0.2) is 21.8 Å². The zero-order valence-electron chi connectivity index (χ0n) is 12.7. The predicted molar refractivity (Wildman–Crippen MR) is 79.9 cm³/mol. The Morgan fingerprint density at radius 3 is 2.39 bits per heavy atom. The Hall–Kier alpha value is -2.05. The second kappa shape index (κ2) is 4.97. The Morgan fingerprint density at radius 2 is 1.83 bits per heavy atom. The average Bonchev–Trinajstić information content (AvgIpc) is 3.41. The minimum Gasteiger partial charge on any atom is -0.357 e. The number of benzene rings is 1. The van der Waals surface area contributed by atoms with E-state index >= 15 is 0 Å². The van der Waals surface area contributed by atoms with E-state index in [1.807, 2.05) is 12.1 Å². The van der Waals surface area contributed by atoms with Gasteiger partial charge in [-0.25, -0.2) is 0 Å². The maximum atomic E-state index is 13.0. The third kappa shape index (κ3) is 2.58. The van der Waals surface area contributed by atoms with Crippen LogP contribution in [0.25, 0.3) is 5.69 Å². The number of aromatic nitrogens is 3. The summed E-state index contributed by atoms with van der Waals surface area (Å²) in [5.41, 5.74) is 3.16. The number of nitrogens with one attached hydrogen (secondary N) is 1. The van der Waals surface area contributed by atoms with E-state index < -0.39 is 12.0 Å². The van der Waals surface area contributed by atoms with Crippen LogP contribution >= 0.6 is 0 Å². The van der Waals surface area contributed by atoms with E-state index in [0.717, 1.165) is 36.9 Å². The molecule has 2 aliphatic carbocycles. The minimum absolute atomic E-state index is 0.118. The van der Waals surface area contributed by atoms with Gasteiger partial charge >= 0.3 is 6.18 Å². The molecule has 2 aliphatic rings. The fourth-order valence-electron chi connectivity index (χ4n) is 3.08. The van der Waals surface area contributed by atoms with Gasteiger partial charge in [-0.15, -0.1) is 5.10 Å². The van der Waals surface area contributed by atoms with Gasteiger partial charge in [0.1, 0.15) is 0 Å². The molecule has 0 atom stereocenters. The van der Waals surface area contributed by atoms with E-state index in [4.69, 9.17) is 0 Å². The van der Waals surface area contributed by atoms with Gasteiger partial charge in [0.15, 0.2) is 0 Å². The van der Waals surface area contributed by atoms with Crippen molar-refractivity contribution in [3.8, 4) is 5.69 Å². The summed E-state index contributed by atoms with van der Waals surface area (Å²) < 4.78 is 40.2. The molecule has 0 saturated heterocycles. The second-order valence-electron chi connectivity index (χ2n) is 6.25. The molecule has 0 amide bonds. The van der Waals surface area contributed by atoms with Crippen molar-refractivity contribution in [1.82, 2.24) is 14.8 Å². The Kier molecular flexibility index (Phi) is 3.14. The Labute approximate surface area is 131 Å². The van der Waals surface area contributed by atoms with Crippen molar-refractivity contribution in [3.63, 3.8) is 0 Å². The lowest BCUT2D eigenvalue weighted by atomic mass is 9.97. The molecule has 0 aliphatic heterocycles. The highest BCUT2D eigenvalue weighted by atomic mass is 19.4. The summed E-state index contributed by atoms with van der Waals surface area (Å²) in [5.74, 6) is -0.00756. The molecule has 1 N–H and O–H groups in total. The van der Waals surface area contributed by atoms with Gasteiger partial charge < -0.3 is 5.32 Å². The van der Waals surface area contributed by atoms with E-state index in [0.29, 0.717) is 11.8 Å². The fraction of sp³-hybridized carbons (Fsp3) is 0.500. The van der Waals surface area contributed by atoms with Crippen molar-refractivity contribution in [3.05, 3.63) is 35.2 Å². The largest absolute Gasteiger partial charge is 0.453 e. The van der Waals surface area contributed by atoms with Gasteiger partial charge in [0.25, 0.3) is 5.82 Å². The minimum atomic E-state index is -4.55. The van der Waals surface area contributed by atoms with E-state index in [-0.39, 0.29) is 5.95 Å². The molecule has 0 bridgehead atoms. The molecule has 1 aromatic heterocycles. The van der Waals surface area contributed by atoms with E-state index in [9.17, 15) is 13.2 Å². The third-order valence-corrected chi connectivity index (χ3v) is 4.43. The molecular formula is C16H17F3N4. The molecule has 2 aromatic rings. The van der Waals surface area contributed by atoms with Gasteiger partial charge in [-0.05, 0) is 54.7 Å². The summed E-state index contributed by atoms with van der Waals surface area (Å²) in [4.78, 5) is 3.60. The number of hydrogen-bond donors (Lipinski definition) is 1. The van der Waals surface area contributed by atoms with Gasteiger partial charge in [0, 0.05) is 7.05 Å². The van der Waals surface area contributed by atoms with Gasteiger partial charge in [0.2, 0.25) is 5.95 Å². The van der Waals surface area contributed by atoms with Crippen molar-refractivity contribution in [2.45, 2.75) is 43.7 Å². The highest BCUT2D eigenvalue weighted by molar-refractivity contribution is 5.54. The van der Waals surface area contributed by atoms with E-state index in [1.54, 1.807) is 7.05 Å². The number of alkyl halides is 3. The first kappa shape index (κ1) is 14.5. The van der Waals surface area contributed by atoms with Crippen molar-refractivity contribution in [1.29, 1.82) is 0 Å². The zero-order chi connectivity index (χ0) is 16.2. The van der Waals surface area contributed by atoms with Gasteiger partial charge in [-0.2, -0.15) is 22.8 Å². The molecule has 1 heterocycles. The first-order valence-electron chi connectivity index (χ1n) is 7.84. The lowest BCUT2D eigenvalue weighted by Crippen LogP contribution is -2.10. The molecule has 4 nitrogen and oxygen atoms in total. The van der Waals surface area contributed by atoms with Crippen LogP contribution in [-0.2, 0) is 6.18 Å². The molecule has 0 radical (unpaired) electrons. The van der Waals surface area contributed by atoms with Crippen LogP contribution < -0.4 is 5.32 Å². The Bertz CT molecular complexity index is 742. The summed E-state index contributed by atoms with van der Waals surface area (Å²) in [7, 11) is 1.56. The van der Waals surface area contributed by atoms with Crippen molar-refractivity contribution in [2.24, 2.45) is 0 Å². The molecule has 122 valence electrons. The monoisotopic (exact) mass is 322 g/mol. The first-order chi connectivity index (χ1) is 11.0. The van der Waals surface area contributed by atoms with Crippen molar-refractivity contribution >= 4 is 5.95 Å². The standard InChI is InChI=1S/C16H17F3N4/c1-20-15-21-14(16(17,18)19)22-23(15)12-4-2-3-11(9-5-6-9)13(12)10-7-8-10/h2-4,9-10H,5-8H2,1H3,(H,20,21,22). The van der Waals surface area contributed by atoms with Gasteiger partial charge in [0.05, 0.1) is 5.69 Å². The van der Waals surface area contributed by atoms with Crippen LogP contribution in [0.4, 0.5) is 19.1 Å². The maximum Gasteiger partial charge on any atom is 0.453 e. The van der Waals surface area contributed by atoms with Crippen molar-refractivity contribution in [2.75, 3.05) is 12.4 Å². The van der Waals surface area contributed by atoms with Gasteiger partial charge in [-0.1, -0.05) is 12.1 Å². The normalized spacial score (nSPS) is 18.3. The lowest BCUT2D eigenvalue weighted by Gasteiger charge is -2.15. The van der Waals surface area contributed by atoms with Crippen LogP contribution in [0.1, 0.15) is 54.5 Å². The molecule has 2 fully saturated rings. The van der Waals surface area contributed by atoms with Gasteiger partial charge in [-0.3, -0.25) is 0 Å². The van der Waals surface area contributed by atoms with Crippen LogP contribution in [0.15, 0.2) is 18.2 Å². The third-order valence-electron chi connectivity index (χ3n) is 4.43. The molecule has 4 rings (SSSR count). The van der Waals surface area contributed by atoms with Crippen LogP contribution in [0.5, 0.6) is 0 Å². The fourth-order valence-corrected chi connectivity index (χ4v) is 3.08. The summed E-state index contributed by atoms with van der Waals surface area (Å²) in [6, 6.07) is 5.86. The number of anilines is 1. The van der Waals surface area contributed by atoms with E-state index in [2.05, 4.69) is 21.5 Å². The first-order valence-corrected chi connectivity index (χ1v) is 7.84. The molecule has 1 aromatic carbocycles. The quantitative estimate of drug-likeness (QED) is 0.922. The average molecular weight is 322 g/mol. The summed E-state index contributed by atoms with van der Waals surface area (Å²) in [6.07, 6.45) is -0.0516. The van der Waals surface area contributed by atoms with Crippen LogP contribution in [0.2, 0.25) is 0 Å². The van der Waals surface area contributed by atoms with Crippen molar-refractivity contribution < 1.29 is 13.2 Å². The lowest BCUT2D eigenvalue weighted by molar-refractivity contribution is -0.144. The van der Waals surface area contributed by atoms with E-state index in [1.165, 1.54) is 10.2 Å². The molecule has 7 heteroatoms. The Balaban J connectivity index is 1.87. The molecule has 0 unspecified atom stereocenters. The zero-order valence-corrected chi connectivity index (χ0v) is 12.7. The molecule has 23 heavy (non-hydrogen) atoms. The SMILES string of the molecule is CNc1nc(C(F)(F)F)nn1-c1cccc(C2CC2)c1C1CC1. The number of halogens is 3. The number of rotatable bonds is 4. The maximum absolute atomic E-state index is 13.0. The highest BCUT2D eigenvalue weighted by Crippen LogP contribution is 2.51. The second-order valence-corrected chi connectivity index (χ2v) is 6.25. The highest BCUT2D eigenvalue weighted by Gasteiger charge is 2.39. The molecule has 0 spiro atoms. The summed E-state index contributed by atoms with van der Waals surface area (Å²) in [6.45, 7) is 0. The summed E-state index contributed by atoms with van der Waals surface area (Å²) in [5, 5.41) is 6.46. The molecular weight excluding hydrogens is 305 g/mol. The Morgan fingerprint density at radius 1 is 1.13 bits per heavy atom.